The number of halogens is 2. The number of hydrogen-bond donors (Lipinski definition) is 0. The highest BCUT2D eigenvalue weighted by Crippen LogP contribution is 2.32. The van der Waals surface area contributed by atoms with E-state index < -0.39 is 5.92 Å². The molecule has 14 heavy (non-hydrogen) atoms. The average molecular weight is 196 g/mol. The van der Waals surface area contributed by atoms with E-state index >= 15 is 0 Å². The maximum Gasteiger partial charge on any atom is 0.272 e. The number of aryl methyl sites for hydroxylation is 1. The first-order valence-electron chi connectivity index (χ1n) is 4.29. The van der Waals surface area contributed by atoms with E-state index in [9.17, 15) is 8.78 Å². The Balaban J connectivity index is 2.82. The van der Waals surface area contributed by atoms with Crippen LogP contribution < -0.4 is 0 Å². The molecule has 1 aromatic heterocycles. The summed E-state index contributed by atoms with van der Waals surface area (Å²) in [7, 11) is 1.66. The molecular weight excluding hydrogens is 186 g/mol. The second-order valence-electron chi connectivity index (χ2n) is 3.40. The lowest BCUT2D eigenvalue weighted by Crippen LogP contribution is -2.09. The first kappa shape index (κ1) is 9.12. The van der Waals surface area contributed by atoms with Gasteiger partial charge in [-0.15, -0.1) is 0 Å². The van der Waals surface area contributed by atoms with Gasteiger partial charge in [-0.2, -0.15) is 5.10 Å². The van der Waals surface area contributed by atoms with Gasteiger partial charge in [0.15, 0.2) is 0 Å². The summed E-state index contributed by atoms with van der Waals surface area (Å²) in [6, 6.07) is 4.83. The molecule has 2 aromatic rings. The Hall–Kier alpha value is -1.45. The van der Waals surface area contributed by atoms with Gasteiger partial charge in [0.05, 0.1) is 11.7 Å². The third kappa shape index (κ3) is 1.27. The maximum atomic E-state index is 13.2. The molecule has 2 nitrogen and oxygen atoms in total. The van der Waals surface area contributed by atoms with E-state index in [2.05, 4.69) is 5.10 Å². The van der Waals surface area contributed by atoms with E-state index in [4.69, 9.17) is 0 Å². The van der Waals surface area contributed by atoms with Crippen LogP contribution in [0.3, 0.4) is 0 Å². The summed E-state index contributed by atoms with van der Waals surface area (Å²) in [6.07, 6.45) is 1.59. The number of aromatic nitrogens is 2. The van der Waals surface area contributed by atoms with Crippen LogP contribution in [0.5, 0.6) is 0 Å². The van der Waals surface area contributed by atoms with Gasteiger partial charge in [0.25, 0.3) is 5.92 Å². The Morgan fingerprint density at radius 1 is 1.36 bits per heavy atom. The zero-order valence-corrected chi connectivity index (χ0v) is 7.96. The molecule has 0 aliphatic rings. The molecule has 0 fully saturated rings. The van der Waals surface area contributed by atoms with Crippen LogP contribution in [0.4, 0.5) is 8.78 Å². The fourth-order valence-corrected chi connectivity index (χ4v) is 1.59. The molecule has 4 heteroatoms. The minimum atomic E-state index is -2.83. The molecule has 2 rings (SSSR count). The lowest BCUT2D eigenvalue weighted by Gasteiger charge is -2.12. The first-order valence-corrected chi connectivity index (χ1v) is 4.29. The number of para-hydroxylation sites is 1. The highest BCUT2D eigenvalue weighted by molar-refractivity contribution is 5.82. The lowest BCUT2D eigenvalue weighted by atomic mass is 10.1. The summed E-state index contributed by atoms with van der Waals surface area (Å²) in [5.41, 5.74) is 0.523. The van der Waals surface area contributed by atoms with E-state index in [1.807, 2.05) is 0 Å². The second kappa shape index (κ2) is 2.77. The maximum absolute atomic E-state index is 13.2. The molecule has 0 saturated carbocycles. The standard InChI is InChI=1S/C10H10F2N2/c1-10(11,12)8-5-3-4-7-6-13-14(2)9(7)8/h3-6H,1-2H3. The molecule has 0 bridgehead atoms. The Labute approximate surface area is 80.1 Å². The molecule has 0 unspecified atom stereocenters. The van der Waals surface area contributed by atoms with Gasteiger partial charge in [-0.25, -0.2) is 8.78 Å². The van der Waals surface area contributed by atoms with Gasteiger partial charge in [-0.3, -0.25) is 4.68 Å². The van der Waals surface area contributed by atoms with Crippen molar-refractivity contribution >= 4 is 10.9 Å². The minimum Gasteiger partial charge on any atom is -0.267 e. The third-order valence-corrected chi connectivity index (χ3v) is 2.23. The molecule has 74 valence electrons. The SMILES string of the molecule is Cn1ncc2cccc(C(C)(F)F)c21. The van der Waals surface area contributed by atoms with E-state index in [0.29, 0.717) is 5.52 Å². The summed E-state index contributed by atoms with van der Waals surface area (Å²) >= 11 is 0. The summed E-state index contributed by atoms with van der Waals surface area (Å²) in [4.78, 5) is 0. The topological polar surface area (TPSA) is 17.8 Å². The van der Waals surface area contributed by atoms with Gasteiger partial charge in [-0.05, 0) is 0 Å². The molecule has 0 saturated heterocycles. The normalized spacial score (nSPS) is 12.3. The van der Waals surface area contributed by atoms with Crippen molar-refractivity contribution in [3.05, 3.63) is 30.0 Å². The second-order valence-corrected chi connectivity index (χ2v) is 3.40. The smallest absolute Gasteiger partial charge is 0.267 e. The number of nitrogens with zero attached hydrogens (tertiary/aromatic N) is 2. The molecule has 0 spiro atoms. The van der Waals surface area contributed by atoms with E-state index in [1.165, 1.54) is 10.7 Å². The van der Waals surface area contributed by atoms with Gasteiger partial charge < -0.3 is 0 Å². The van der Waals surface area contributed by atoms with Crippen LogP contribution in [0.25, 0.3) is 10.9 Å². The van der Waals surface area contributed by atoms with E-state index in [1.54, 1.807) is 25.4 Å². The Morgan fingerprint density at radius 3 is 2.71 bits per heavy atom. The fourth-order valence-electron chi connectivity index (χ4n) is 1.59. The summed E-state index contributed by atoms with van der Waals surface area (Å²) in [5.74, 6) is -2.83. The van der Waals surface area contributed by atoms with Gasteiger partial charge in [0, 0.05) is 24.9 Å². The molecule has 0 radical (unpaired) electrons. The number of rotatable bonds is 1. The van der Waals surface area contributed by atoms with E-state index in [0.717, 1.165) is 12.3 Å². The molecular formula is C10H10F2N2. The summed E-state index contributed by atoms with van der Waals surface area (Å²) in [6.45, 7) is 0.898. The van der Waals surface area contributed by atoms with Crippen molar-refractivity contribution in [2.45, 2.75) is 12.8 Å². The first-order chi connectivity index (χ1) is 6.50. The van der Waals surface area contributed by atoms with Crippen molar-refractivity contribution in [2.24, 2.45) is 7.05 Å². The van der Waals surface area contributed by atoms with Crippen LogP contribution >= 0.6 is 0 Å². The van der Waals surface area contributed by atoms with Gasteiger partial charge >= 0.3 is 0 Å². The van der Waals surface area contributed by atoms with Gasteiger partial charge in [-0.1, -0.05) is 18.2 Å². The van der Waals surface area contributed by atoms with Crippen LogP contribution in [-0.4, -0.2) is 9.78 Å². The molecule has 1 heterocycles. The van der Waals surface area contributed by atoms with Crippen molar-refractivity contribution in [1.82, 2.24) is 9.78 Å². The molecule has 0 amide bonds. The van der Waals surface area contributed by atoms with Crippen LogP contribution in [0.1, 0.15) is 12.5 Å². The number of benzene rings is 1. The average Bonchev–Trinajstić information content (AvgIpc) is 2.46. The zero-order valence-electron chi connectivity index (χ0n) is 7.96. The zero-order chi connectivity index (χ0) is 10.3. The van der Waals surface area contributed by atoms with Gasteiger partial charge in [0.1, 0.15) is 0 Å². The predicted octanol–water partition coefficient (Wildman–Crippen LogP) is 2.69. The van der Waals surface area contributed by atoms with Crippen LogP contribution in [0, 0.1) is 0 Å². The predicted molar refractivity (Wildman–Crippen MR) is 50.3 cm³/mol. The number of alkyl halides is 2. The Kier molecular flexibility index (Phi) is 1.80. The molecule has 0 atom stereocenters. The van der Waals surface area contributed by atoms with Crippen LogP contribution in [0.2, 0.25) is 0 Å². The van der Waals surface area contributed by atoms with Crippen molar-refractivity contribution in [2.75, 3.05) is 0 Å². The van der Waals surface area contributed by atoms with Crippen molar-refractivity contribution in [3.8, 4) is 0 Å². The highest BCUT2D eigenvalue weighted by Gasteiger charge is 2.27. The van der Waals surface area contributed by atoms with Crippen molar-refractivity contribution < 1.29 is 8.78 Å². The van der Waals surface area contributed by atoms with Crippen LogP contribution in [0.15, 0.2) is 24.4 Å². The molecule has 0 aliphatic heterocycles. The number of fused-ring (bicyclic) bond motifs is 1. The largest absolute Gasteiger partial charge is 0.272 e. The monoisotopic (exact) mass is 196 g/mol. The van der Waals surface area contributed by atoms with Gasteiger partial charge in [0.2, 0.25) is 0 Å². The molecule has 1 aromatic carbocycles. The lowest BCUT2D eigenvalue weighted by molar-refractivity contribution is 0.0187. The quantitative estimate of drug-likeness (QED) is 0.685. The summed E-state index contributed by atoms with van der Waals surface area (Å²) < 4.78 is 27.9. The third-order valence-electron chi connectivity index (χ3n) is 2.23. The minimum absolute atomic E-state index is 0.0231. The fraction of sp³-hybridized carbons (Fsp3) is 0.300. The van der Waals surface area contributed by atoms with E-state index in [-0.39, 0.29) is 5.56 Å². The van der Waals surface area contributed by atoms with Crippen LogP contribution in [-0.2, 0) is 13.0 Å². The van der Waals surface area contributed by atoms with Crippen molar-refractivity contribution in [3.63, 3.8) is 0 Å². The Morgan fingerprint density at radius 2 is 2.07 bits per heavy atom. The molecule has 0 N–H and O–H groups in total. The Bertz CT molecular complexity index is 468. The highest BCUT2D eigenvalue weighted by atomic mass is 19.3. The summed E-state index contributed by atoms with van der Waals surface area (Å²) in [5, 5.41) is 4.70. The number of hydrogen-bond acceptors (Lipinski definition) is 1. The van der Waals surface area contributed by atoms with Crippen molar-refractivity contribution in [1.29, 1.82) is 0 Å². The molecule has 0 aliphatic carbocycles.